The summed E-state index contributed by atoms with van der Waals surface area (Å²) in [6.45, 7) is 8.28. The van der Waals surface area contributed by atoms with E-state index >= 15 is 0 Å². The fourth-order valence-corrected chi connectivity index (χ4v) is 4.65. The van der Waals surface area contributed by atoms with Gasteiger partial charge in [-0.1, -0.05) is 11.6 Å². The highest BCUT2D eigenvalue weighted by atomic mass is 32.2. The second-order valence-corrected chi connectivity index (χ2v) is 9.00. The minimum absolute atomic E-state index is 0.0145. The molecule has 3 heterocycles. The molecule has 3 rings (SSSR count). The first-order valence-electron chi connectivity index (χ1n) is 8.72. The molecule has 0 aliphatic carbocycles. The highest BCUT2D eigenvalue weighted by molar-refractivity contribution is 7.99. The van der Waals surface area contributed by atoms with Crippen molar-refractivity contribution >= 4 is 39.2 Å². The molecule has 1 unspecified atom stereocenters. The molecule has 0 radical (unpaired) electrons. The molecule has 0 aromatic carbocycles. The average molecular weight is 393 g/mol. The first-order valence-corrected chi connectivity index (χ1v) is 10.6. The van der Waals surface area contributed by atoms with Crippen LogP contribution in [0, 0.1) is 13.8 Å². The van der Waals surface area contributed by atoms with Crippen LogP contribution in [0.4, 0.5) is 0 Å². The van der Waals surface area contributed by atoms with Crippen molar-refractivity contribution in [2.45, 2.75) is 38.2 Å². The van der Waals surface area contributed by atoms with Gasteiger partial charge in [-0.3, -0.25) is 9.59 Å². The SMILES string of the molecule is Cc1sc2nc(CSC(C)C(=O)NCC3=CCNCC3)[nH]c(=O)c2c1C. The van der Waals surface area contributed by atoms with Gasteiger partial charge >= 0.3 is 0 Å². The Morgan fingerprint density at radius 2 is 2.27 bits per heavy atom. The molecule has 1 amide bonds. The summed E-state index contributed by atoms with van der Waals surface area (Å²) in [5.74, 6) is 1.14. The van der Waals surface area contributed by atoms with Crippen molar-refractivity contribution in [1.29, 1.82) is 0 Å². The van der Waals surface area contributed by atoms with Crippen LogP contribution in [0.5, 0.6) is 0 Å². The number of nitrogens with zero attached hydrogens (tertiary/aromatic N) is 1. The normalized spacial score (nSPS) is 15.7. The predicted octanol–water partition coefficient (Wildman–Crippen LogP) is 2.26. The number of carbonyl (C=O) groups is 1. The molecule has 2 aromatic rings. The Morgan fingerprint density at radius 3 is 3.00 bits per heavy atom. The minimum atomic E-state index is -0.204. The number of aromatic amines is 1. The quantitative estimate of drug-likeness (QED) is 0.657. The van der Waals surface area contributed by atoms with Crippen molar-refractivity contribution in [3.63, 3.8) is 0 Å². The molecule has 26 heavy (non-hydrogen) atoms. The van der Waals surface area contributed by atoms with Gasteiger partial charge in [0.05, 0.1) is 16.4 Å². The maximum Gasteiger partial charge on any atom is 0.259 e. The lowest BCUT2D eigenvalue weighted by Gasteiger charge is -2.16. The van der Waals surface area contributed by atoms with E-state index in [1.165, 1.54) is 17.3 Å². The maximum atomic E-state index is 12.3. The van der Waals surface area contributed by atoms with Crippen LogP contribution in [0.25, 0.3) is 10.2 Å². The van der Waals surface area contributed by atoms with Gasteiger partial charge in [0.1, 0.15) is 10.7 Å². The van der Waals surface area contributed by atoms with Crippen molar-refractivity contribution < 1.29 is 4.79 Å². The minimum Gasteiger partial charge on any atom is -0.351 e. The van der Waals surface area contributed by atoms with Gasteiger partial charge in [-0.15, -0.1) is 23.1 Å². The fourth-order valence-electron chi connectivity index (χ4n) is 2.82. The Bertz CT molecular complexity index is 900. The molecule has 1 atom stereocenters. The zero-order valence-electron chi connectivity index (χ0n) is 15.3. The molecular formula is C18H24N4O2S2. The molecule has 0 fully saturated rings. The Morgan fingerprint density at radius 1 is 1.46 bits per heavy atom. The smallest absolute Gasteiger partial charge is 0.259 e. The van der Waals surface area contributed by atoms with Gasteiger partial charge in [0.2, 0.25) is 5.91 Å². The van der Waals surface area contributed by atoms with E-state index in [4.69, 9.17) is 0 Å². The lowest BCUT2D eigenvalue weighted by atomic mass is 10.1. The molecule has 2 aromatic heterocycles. The summed E-state index contributed by atoms with van der Waals surface area (Å²) in [6, 6.07) is 0. The van der Waals surface area contributed by atoms with Crippen LogP contribution < -0.4 is 16.2 Å². The van der Waals surface area contributed by atoms with Gasteiger partial charge in [-0.2, -0.15) is 0 Å². The largest absolute Gasteiger partial charge is 0.351 e. The number of aromatic nitrogens is 2. The van der Waals surface area contributed by atoms with E-state index in [1.54, 1.807) is 11.3 Å². The summed E-state index contributed by atoms with van der Waals surface area (Å²) in [6.07, 6.45) is 3.11. The van der Waals surface area contributed by atoms with Crippen molar-refractivity contribution in [2.24, 2.45) is 0 Å². The lowest BCUT2D eigenvalue weighted by molar-refractivity contribution is -0.120. The van der Waals surface area contributed by atoms with Crippen LogP contribution in [0.1, 0.15) is 29.6 Å². The van der Waals surface area contributed by atoms with Crippen LogP contribution in [0.2, 0.25) is 0 Å². The number of amides is 1. The van der Waals surface area contributed by atoms with E-state index in [2.05, 4.69) is 26.7 Å². The summed E-state index contributed by atoms with van der Waals surface area (Å²) >= 11 is 3.02. The number of H-pyrrole nitrogens is 1. The van der Waals surface area contributed by atoms with E-state index in [0.717, 1.165) is 34.8 Å². The number of fused-ring (bicyclic) bond motifs is 1. The van der Waals surface area contributed by atoms with Gasteiger partial charge in [0.15, 0.2) is 0 Å². The molecule has 6 nitrogen and oxygen atoms in total. The molecule has 1 aliphatic heterocycles. The topological polar surface area (TPSA) is 86.9 Å². The summed E-state index contributed by atoms with van der Waals surface area (Å²) in [5.41, 5.74) is 2.18. The second kappa shape index (κ2) is 8.37. The second-order valence-electron chi connectivity index (χ2n) is 6.46. The summed E-state index contributed by atoms with van der Waals surface area (Å²) < 4.78 is 0. The number of thioether (sulfide) groups is 1. The lowest BCUT2D eigenvalue weighted by Crippen LogP contribution is -2.34. The van der Waals surface area contributed by atoms with Crippen LogP contribution >= 0.6 is 23.1 Å². The highest BCUT2D eigenvalue weighted by Gasteiger charge is 2.16. The Kier molecular flexibility index (Phi) is 6.16. The molecule has 0 saturated carbocycles. The number of rotatable bonds is 6. The number of nitrogens with one attached hydrogen (secondary N) is 3. The molecule has 0 bridgehead atoms. The first-order chi connectivity index (χ1) is 12.5. The third kappa shape index (κ3) is 4.36. The van der Waals surface area contributed by atoms with E-state index in [1.807, 2.05) is 20.8 Å². The maximum absolute atomic E-state index is 12.3. The van der Waals surface area contributed by atoms with Crippen molar-refractivity contribution in [2.75, 3.05) is 19.6 Å². The van der Waals surface area contributed by atoms with Gasteiger partial charge in [-0.05, 0) is 39.3 Å². The van der Waals surface area contributed by atoms with Gasteiger partial charge in [0.25, 0.3) is 5.56 Å². The van der Waals surface area contributed by atoms with E-state index in [-0.39, 0.29) is 16.7 Å². The molecule has 3 N–H and O–H groups in total. The van der Waals surface area contributed by atoms with E-state index in [0.29, 0.717) is 23.5 Å². The number of aryl methyl sites for hydroxylation is 2. The first kappa shape index (κ1) is 19.1. The molecular weight excluding hydrogens is 368 g/mol. The molecule has 8 heteroatoms. The average Bonchev–Trinajstić information content (AvgIpc) is 2.92. The number of hydrogen-bond acceptors (Lipinski definition) is 6. The molecule has 140 valence electrons. The predicted molar refractivity (Wildman–Crippen MR) is 109 cm³/mol. The fraction of sp³-hybridized carbons (Fsp3) is 0.500. The monoisotopic (exact) mass is 392 g/mol. The van der Waals surface area contributed by atoms with Crippen LogP contribution in [0.3, 0.4) is 0 Å². The van der Waals surface area contributed by atoms with Gasteiger partial charge in [0, 0.05) is 18.0 Å². The summed E-state index contributed by atoms with van der Waals surface area (Å²) in [7, 11) is 0. The van der Waals surface area contributed by atoms with Gasteiger partial charge in [-0.25, -0.2) is 4.98 Å². The van der Waals surface area contributed by atoms with Gasteiger partial charge < -0.3 is 15.6 Å². The third-order valence-corrected chi connectivity index (χ3v) is 6.83. The van der Waals surface area contributed by atoms with E-state index < -0.39 is 0 Å². The molecule has 1 aliphatic rings. The summed E-state index contributed by atoms with van der Waals surface area (Å²) in [5, 5.41) is 6.73. The van der Waals surface area contributed by atoms with Crippen LogP contribution in [0.15, 0.2) is 16.4 Å². The van der Waals surface area contributed by atoms with Crippen molar-refractivity contribution in [3.05, 3.63) is 38.3 Å². The third-order valence-electron chi connectivity index (χ3n) is 4.58. The number of carbonyl (C=O) groups excluding carboxylic acids is 1. The number of thiophene rings is 1. The highest BCUT2D eigenvalue weighted by Crippen LogP contribution is 2.26. The van der Waals surface area contributed by atoms with Crippen molar-refractivity contribution in [1.82, 2.24) is 20.6 Å². The Hall–Kier alpha value is -1.64. The van der Waals surface area contributed by atoms with Crippen molar-refractivity contribution in [3.8, 4) is 0 Å². The summed E-state index contributed by atoms with van der Waals surface area (Å²) in [4.78, 5) is 33.9. The van der Waals surface area contributed by atoms with Crippen LogP contribution in [-0.2, 0) is 10.5 Å². The standard InChI is InChI=1S/C18H24N4O2S2/c1-10-11(2)26-18-15(10)17(24)21-14(22-18)9-25-12(3)16(23)20-8-13-4-6-19-7-5-13/h4,12,19H,5-9H2,1-3H3,(H,20,23)(H,21,22,24). The zero-order chi connectivity index (χ0) is 18.7. The van der Waals surface area contributed by atoms with E-state index in [9.17, 15) is 9.59 Å². The Labute approximate surface area is 160 Å². The molecule has 0 saturated heterocycles. The molecule has 0 spiro atoms. The zero-order valence-corrected chi connectivity index (χ0v) is 16.9. The van der Waals surface area contributed by atoms with Crippen LogP contribution in [-0.4, -0.2) is 40.8 Å². The number of hydrogen-bond donors (Lipinski definition) is 3. The Balaban J connectivity index is 1.57.